The van der Waals surface area contributed by atoms with Crippen LogP contribution < -0.4 is 28.7 Å². The summed E-state index contributed by atoms with van der Waals surface area (Å²) in [5.41, 5.74) is 27.5. The van der Waals surface area contributed by atoms with E-state index >= 15 is 0 Å². The molecule has 0 amide bonds. The molecule has 11 nitrogen and oxygen atoms in total. The Labute approximate surface area is 221 Å². The maximum atomic E-state index is 11.8. The first-order chi connectivity index (χ1) is 13.2. The number of esters is 4. The van der Waals surface area contributed by atoms with Crippen molar-refractivity contribution in [3.05, 3.63) is 0 Å². The summed E-state index contributed by atoms with van der Waals surface area (Å²) < 4.78 is 9.21. The Hall–Kier alpha value is 0.0800. The molecule has 0 aromatic rings. The summed E-state index contributed by atoms with van der Waals surface area (Å²) in [7, 11) is 0. The Bertz CT molecular complexity index is 527. The van der Waals surface area contributed by atoms with Crippen LogP contribution >= 0.6 is 0 Å². The molecule has 0 fully saturated rings. The summed E-state index contributed by atoms with van der Waals surface area (Å²) >= 11 is 0. The molecule has 0 heterocycles. The summed E-state index contributed by atoms with van der Waals surface area (Å²) in [5.74, 6) is -3.61. The average Bonchev–Trinajstić information content (AvgIpc) is 2.65. The first-order valence-corrected chi connectivity index (χ1v) is 9.39. The molecule has 13 heteroatoms. The van der Waals surface area contributed by atoms with Gasteiger partial charge >= 0.3 is 83.0 Å². The third-order valence-electron chi connectivity index (χ3n) is 3.92. The molecule has 10 N–H and O–H groups in total. The van der Waals surface area contributed by atoms with E-state index in [4.69, 9.17) is 28.7 Å². The first kappa shape index (κ1) is 34.7. The molecule has 0 saturated heterocycles. The van der Waals surface area contributed by atoms with Gasteiger partial charge in [-0.1, -0.05) is 12.8 Å². The second kappa shape index (κ2) is 21.0. The van der Waals surface area contributed by atoms with Gasteiger partial charge in [0.05, 0.1) is 0 Å². The molecule has 166 valence electrons. The van der Waals surface area contributed by atoms with Gasteiger partial charge in [-0.25, -0.2) is 14.4 Å². The summed E-state index contributed by atoms with van der Waals surface area (Å²) in [6, 6.07) is -3.11. The van der Waals surface area contributed by atoms with Crippen LogP contribution in [0.1, 0.15) is 51.4 Å². The second-order valence-electron chi connectivity index (χ2n) is 6.46. The third kappa shape index (κ3) is 16.7. The van der Waals surface area contributed by atoms with Crippen molar-refractivity contribution in [1.29, 1.82) is 0 Å². The Morgan fingerprint density at radius 1 is 0.600 bits per heavy atom. The molecular weight excluding hydrogens is 416 g/mol. The van der Waals surface area contributed by atoms with E-state index in [1.165, 1.54) is 0 Å². The molecule has 3 atom stereocenters. The standard InChI is InChI=1S/C17H33N5O6.2Na.2H/c18-9-3-1-5-11(20)15(24)27-14(23)8-7-13(22)17(26)28-16(25)12(21)6-2-4-10-19;;;;/h11-13H,1-10,18-22H2;;;;/t11-,12-,13-;;;;/m0..../s1. The van der Waals surface area contributed by atoms with Gasteiger partial charge in [-0.3, -0.25) is 4.79 Å². The van der Waals surface area contributed by atoms with E-state index in [2.05, 4.69) is 9.47 Å². The monoisotopic (exact) mass is 451 g/mol. The van der Waals surface area contributed by atoms with Crippen LogP contribution in [0.4, 0.5) is 0 Å². The van der Waals surface area contributed by atoms with Crippen molar-refractivity contribution in [3.8, 4) is 0 Å². The van der Waals surface area contributed by atoms with Gasteiger partial charge in [-0.05, 0) is 45.2 Å². The SMILES string of the molecule is NCCCC[C@H](N)C(=O)OC(=O)CC[C@H](N)C(=O)OC(=O)[C@@H](N)CCCCN.[NaH].[NaH]. The molecule has 0 bridgehead atoms. The number of rotatable bonds is 14. The van der Waals surface area contributed by atoms with E-state index in [9.17, 15) is 19.2 Å². The van der Waals surface area contributed by atoms with Gasteiger partial charge in [0.2, 0.25) is 0 Å². The molecule has 0 spiro atoms. The van der Waals surface area contributed by atoms with Crippen LogP contribution in [0.3, 0.4) is 0 Å². The topological polar surface area (TPSA) is 217 Å². The maximum absolute atomic E-state index is 11.8. The van der Waals surface area contributed by atoms with Gasteiger partial charge in [0.25, 0.3) is 0 Å². The van der Waals surface area contributed by atoms with Crippen molar-refractivity contribution < 1.29 is 28.7 Å². The summed E-state index contributed by atoms with van der Waals surface area (Å²) in [5, 5.41) is 0. The number of carbonyl (C=O) groups is 4. The van der Waals surface area contributed by atoms with Crippen molar-refractivity contribution in [2.45, 2.75) is 69.5 Å². The van der Waals surface area contributed by atoms with Crippen LogP contribution in [0.2, 0.25) is 0 Å². The van der Waals surface area contributed by atoms with Crippen molar-refractivity contribution in [1.82, 2.24) is 0 Å². The summed E-state index contributed by atoms with van der Waals surface area (Å²) in [4.78, 5) is 46.8. The van der Waals surface area contributed by atoms with Crippen molar-refractivity contribution in [2.24, 2.45) is 28.7 Å². The van der Waals surface area contributed by atoms with Crippen LogP contribution in [0, 0.1) is 0 Å². The molecule has 0 aromatic heterocycles. The molecule has 0 unspecified atom stereocenters. The zero-order valence-electron chi connectivity index (χ0n) is 16.1. The molecule has 0 aliphatic rings. The predicted octanol–water partition coefficient (Wildman–Crippen LogP) is -3.15. The van der Waals surface area contributed by atoms with Crippen molar-refractivity contribution >= 4 is 83.0 Å². The fraction of sp³-hybridized carbons (Fsp3) is 0.765. The molecule has 0 aromatic carbocycles. The summed E-state index contributed by atoms with van der Waals surface area (Å²) in [6.07, 6.45) is 2.88. The van der Waals surface area contributed by atoms with Crippen LogP contribution in [-0.2, 0) is 28.7 Å². The van der Waals surface area contributed by atoms with E-state index in [1.54, 1.807) is 0 Å². The summed E-state index contributed by atoms with van der Waals surface area (Å²) in [6.45, 7) is 0.957. The zero-order chi connectivity index (χ0) is 21.5. The number of unbranched alkanes of at least 4 members (excludes halogenated alkanes) is 2. The molecular formula is C17H35N5Na2O6. The number of carbonyl (C=O) groups excluding carboxylic acids is 4. The van der Waals surface area contributed by atoms with Gasteiger partial charge in [-0.2, -0.15) is 0 Å². The van der Waals surface area contributed by atoms with Gasteiger partial charge in [0.1, 0.15) is 18.1 Å². The molecule has 30 heavy (non-hydrogen) atoms. The van der Waals surface area contributed by atoms with Gasteiger partial charge in [0, 0.05) is 6.42 Å². The third-order valence-corrected chi connectivity index (χ3v) is 3.92. The second-order valence-corrected chi connectivity index (χ2v) is 6.46. The van der Waals surface area contributed by atoms with Crippen molar-refractivity contribution in [2.75, 3.05) is 13.1 Å². The van der Waals surface area contributed by atoms with E-state index in [1.807, 2.05) is 0 Å². The first-order valence-electron chi connectivity index (χ1n) is 9.39. The van der Waals surface area contributed by atoms with Crippen LogP contribution in [0.5, 0.6) is 0 Å². The fourth-order valence-corrected chi connectivity index (χ4v) is 2.13. The molecule has 0 rings (SSSR count). The van der Waals surface area contributed by atoms with Crippen molar-refractivity contribution in [3.63, 3.8) is 0 Å². The van der Waals surface area contributed by atoms with Crippen LogP contribution in [0.15, 0.2) is 0 Å². The molecule has 0 saturated carbocycles. The normalized spacial score (nSPS) is 13.1. The Balaban J connectivity index is -0.00000364. The van der Waals surface area contributed by atoms with Gasteiger partial charge < -0.3 is 38.1 Å². The number of hydrogen-bond donors (Lipinski definition) is 5. The van der Waals surface area contributed by atoms with Gasteiger partial charge in [-0.15, -0.1) is 0 Å². The molecule has 0 radical (unpaired) electrons. The minimum atomic E-state index is -1.24. The van der Waals surface area contributed by atoms with E-state index in [-0.39, 0.29) is 72.0 Å². The average molecular weight is 451 g/mol. The van der Waals surface area contributed by atoms with Crippen LogP contribution in [-0.4, -0.2) is 114 Å². The van der Waals surface area contributed by atoms with Crippen LogP contribution in [0.25, 0.3) is 0 Å². The van der Waals surface area contributed by atoms with E-state index in [0.717, 1.165) is 0 Å². The Morgan fingerprint density at radius 2 is 0.967 bits per heavy atom. The Kier molecular flexibility index (Phi) is 24.2. The quantitative estimate of drug-likeness (QED) is 0.0768. The predicted molar refractivity (Wildman–Crippen MR) is 115 cm³/mol. The van der Waals surface area contributed by atoms with E-state index in [0.29, 0.717) is 51.6 Å². The number of nitrogens with two attached hydrogens (primary N) is 5. The fourth-order valence-electron chi connectivity index (χ4n) is 2.13. The van der Waals surface area contributed by atoms with Gasteiger partial charge in [0.15, 0.2) is 0 Å². The molecule has 0 aliphatic heterocycles. The zero-order valence-corrected chi connectivity index (χ0v) is 16.1. The minimum absolute atomic E-state index is 0. The van der Waals surface area contributed by atoms with E-state index < -0.39 is 42.0 Å². The Morgan fingerprint density at radius 3 is 1.37 bits per heavy atom. The molecule has 0 aliphatic carbocycles. The number of hydrogen-bond acceptors (Lipinski definition) is 11. The number of ether oxygens (including phenoxy) is 2.